The summed E-state index contributed by atoms with van der Waals surface area (Å²) in [6.07, 6.45) is 3.15. The molecule has 4 aromatic rings. The zero-order valence-electron chi connectivity index (χ0n) is 12.5. The molecule has 3 heterocycles. The molecule has 0 atom stereocenters. The van der Waals surface area contributed by atoms with E-state index in [9.17, 15) is 4.39 Å². The molecular weight excluding hydrogens is 309 g/mol. The van der Waals surface area contributed by atoms with Crippen molar-refractivity contribution >= 4 is 17.0 Å². The molecule has 0 bridgehead atoms. The van der Waals surface area contributed by atoms with E-state index in [-0.39, 0.29) is 18.3 Å². The van der Waals surface area contributed by atoms with Crippen LogP contribution in [-0.4, -0.2) is 29.9 Å². The van der Waals surface area contributed by atoms with Crippen LogP contribution in [0.3, 0.4) is 0 Å². The normalized spacial score (nSPS) is 11.0. The summed E-state index contributed by atoms with van der Waals surface area (Å²) in [5, 5.41) is 12.8. The number of rotatable bonds is 3. The Hall–Kier alpha value is -3.42. The van der Waals surface area contributed by atoms with E-state index in [1.165, 1.54) is 12.3 Å². The predicted octanol–water partition coefficient (Wildman–Crippen LogP) is 2.05. The van der Waals surface area contributed by atoms with Gasteiger partial charge in [0.25, 0.3) is 0 Å². The van der Waals surface area contributed by atoms with Crippen molar-refractivity contribution in [3.8, 4) is 11.4 Å². The van der Waals surface area contributed by atoms with Crippen molar-refractivity contribution in [3.63, 3.8) is 0 Å². The van der Waals surface area contributed by atoms with Crippen molar-refractivity contribution in [2.45, 2.75) is 6.54 Å². The summed E-state index contributed by atoms with van der Waals surface area (Å²) in [5.74, 6) is -0.222. The summed E-state index contributed by atoms with van der Waals surface area (Å²) in [4.78, 5) is 8.52. The minimum Gasteiger partial charge on any atom is -0.366 e. The zero-order chi connectivity index (χ0) is 16.5. The van der Waals surface area contributed by atoms with Crippen LogP contribution in [0.5, 0.6) is 0 Å². The van der Waals surface area contributed by atoms with E-state index in [0.717, 1.165) is 5.39 Å². The summed E-state index contributed by atoms with van der Waals surface area (Å²) in [6, 6.07) is 10.3. The van der Waals surface area contributed by atoms with Crippen LogP contribution in [0.4, 0.5) is 10.3 Å². The highest BCUT2D eigenvalue weighted by Crippen LogP contribution is 2.25. The quantitative estimate of drug-likeness (QED) is 0.620. The second-order valence-electron chi connectivity index (χ2n) is 5.17. The van der Waals surface area contributed by atoms with Gasteiger partial charge in [0.05, 0.1) is 12.7 Å². The first-order valence-electron chi connectivity index (χ1n) is 7.23. The van der Waals surface area contributed by atoms with Gasteiger partial charge >= 0.3 is 0 Å². The monoisotopic (exact) mass is 321 g/mol. The number of pyridine rings is 1. The Balaban J connectivity index is 1.87. The first kappa shape index (κ1) is 14.2. The van der Waals surface area contributed by atoms with Crippen LogP contribution in [0.25, 0.3) is 22.4 Å². The maximum atomic E-state index is 13.9. The van der Waals surface area contributed by atoms with Crippen molar-refractivity contribution in [2.75, 3.05) is 5.73 Å². The lowest BCUT2D eigenvalue weighted by molar-refractivity contribution is 0.589. The third-order valence-electron chi connectivity index (χ3n) is 3.60. The molecule has 0 amide bonds. The zero-order valence-corrected chi connectivity index (χ0v) is 12.5. The van der Waals surface area contributed by atoms with E-state index in [1.54, 1.807) is 35.1 Å². The van der Waals surface area contributed by atoms with Crippen LogP contribution in [0.2, 0.25) is 0 Å². The van der Waals surface area contributed by atoms with E-state index in [1.807, 2.05) is 6.07 Å². The van der Waals surface area contributed by atoms with Crippen LogP contribution in [-0.2, 0) is 6.54 Å². The summed E-state index contributed by atoms with van der Waals surface area (Å²) in [5.41, 5.74) is 7.84. The average Bonchev–Trinajstić information content (AvgIpc) is 2.96. The number of nitrogen functional groups attached to an aromatic ring is 1. The lowest BCUT2D eigenvalue weighted by atomic mass is 10.2. The number of aromatic nitrogens is 6. The molecule has 0 aliphatic carbocycles. The molecule has 7 nitrogen and oxygen atoms in total. The average molecular weight is 321 g/mol. The molecule has 0 unspecified atom stereocenters. The van der Waals surface area contributed by atoms with Gasteiger partial charge in [-0.1, -0.05) is 18.2 Å². The highest BCUT2D eigenvalue weighted by molar-refractivity contribution is 5.89. The van der Waals surface area contributed by atoms with E-state index in [4.69, 9.17) is 5.73 Å². The van der Waals surface area contributed by atoms with Gasteiger partial charge < -0.3 is 5.73 Å². The van der Waals surface area contributed by atoms with E-state index >= 15 is 0 Å². The maximum Gasteiger partial charge on any atom is 0.240 e. The van der Waals surface area contributed by atoms with Gasteiger partial charge in [-0.25, -0.2) is 19.0 Å². The smallest absolute Gasteiger partial charge is 0.240 e. The Morgan fingerprint density at radius 1 is 1.12 bits per heavy atom. The summed E-state index contributed by atoms with van der Waals surface area (Å²) >= 11 is 0. The molecular formula is C16H12FN7. The number of hydrogen-bond acceptors (Lipinski definition) is 6. The van der Waals surface area contributed by atoms with Gasteiger partial charge in [0.1, 0.15) is 17.2 Å². The molecule has 0 saturated carbocycles. The van der Waals surface area contributed by atoms with Crippen molar-refractivity contribution in [3.05, 3.63) is 60.2 Å². The lowest BCUT2D eigenvalue weighted by Crippen LogP contribution is -2.05. The molecule has 1 aromatic carbocycles. The fraction of sp³-hybridized carbons (Fsp3) is 0.0625. The Kier molecular flexibility index (Phi) is 3.34. The molecule has 2 N–H and O–H groups in total. The van der Waals surface area contributed by atoms with Crippen molar-refractivity contribution in [2.24, 2.45) is 0 Å². The molecule has 0 aliphatic heterocycles. The van der Waals surface area contributed by atoms with Gasteiger partial charge in [0.15, 0.2) is 5.65 Å². The molecule has 0 saturated heterocycles. The minimum atomic E-state index is -0.286. The topological polar surface area (TPSA) is 95.4 Å². The first-order valence-corrected chi connectivity index (χ1v) is 7.23. The molecule has 0 aliphatic rings. The molecule has 0 fully saturated rings. The van der Waals surface area contributed by atoms with E-state index in [2.05, 4.69) is 25.3 Å². The standard InChI is InChI=1S/C16H12FN7/c17-12-6-2-1-4-10(12)9-24-15-11(5-3-7-19-15)14(23-24)13-8-20-22-16(18)21-13/h1-8H,9H2,(H2,18,21,22). The minimum absolute atomic E-state index is 0.0631. The third-order valence-corrected chi connectivity index (χ3v) is 3.60. The number of halogens is 1. The highest BCUT2D eigenvalue weighted by Gasteiger charge is 2.16. The Labute approximate surface area is 136 Å². The van der Waals surface area contributed by atoms with Crippen molar-refractivity contribution < 1.29 is 4.39 Å². The third kappa shape index (κ3) is 2.43. The van der Waals surface area contributed by atoms with Crippen LogP contribution in [0, 0.1) is 5.82 Å². The summed E-state index contributed by atoms with van der Waals surface area (Å²) in [7, 11) is 0. The molecule has 8 heteroatoms. The number of hydrogen-bond donors (Lipinski definition) is 1. The molecule has 0 spiro atoms. The Morgan fingerprint density at radius 3 is 2.83 bits per heavy atom. The van der Waals surface area contributed by atoms with Crippen LogP contribution in [0.1, 0.15) is 5.56 Å². The van der Waals surface area contributed by atoms with Gasteiger partial charge in [-0.2, -0.15) is 10.2 Å². The van der Waals surface area contributed by atoms with E-state index < -0.39 is 0 Å². The molecule has 118 valence electrons. The van der Waals surface area contributed by atoms with Gasteiger partial charge in [0, 0.05) is 17.1 Å². The van der Waals surface area contributed by atoms with Gasteiger partial charge in [-0.3, -0.25) is 0 Å². The molecule has 0 radical (unpaired) electrons. The lowest BCUT2D eigenvalue weighted by Gasteiger charge is -2.04. The summed E-state index contributed by atoms with van der Waals surface area (Å²) < 4.78 is 15.6. The number of nitrogens with two attached hydrogens (primary N) is 1. The van der Waals surface area contributed by atoms with Crippen LogP contribution < -0.4 is 5.73 Å². The number of anilines is 1. The molecule has 3 aromatic heterocycles. The fourth-order valence-electron chi connectivity index (χ4n) is 2.53. The highest BCUT2D eigenvalue weighted by atomic mass is 19.1. The van der Waals surface area contributed by atoms with Crippen LogP contribution in [0.15, 0.2) is 48.8 Å². The SMILES string of the molecule is Nc1nncc(-c2nn(Cc3ccccc3F)c3ncccc23)n1. The van der Waals surface area contributed by atoms with Gasteiger partial charge in [-0.05, 0) is 18.2 Å². The number of fused-ring (bicyclic) bond motifs is 1. The first-order chi connectivity index (χ1) is 11.7. The fourth-order valence-corrected chi connectivity index (χ4v) is 2.53. The molecule has 4 rings (SSSR count). The predicted molar refractivity (Wildman–Crippen MR) is 86.3 cm³/mol. The Morgan fingerprint density at radius 2 is 2.00 bits per heavy atom. The van der Waals surface area contributed by atoms with Gasteiger partial charge in [-0.15, -0.1) is 5.10 Å². The number of benzene rings is 1. The van der Waals surface area contributed by atoms with E-state index in [0.29, 0.717) is 22.6 Å². The van der Waals surface area contributed by atoms with Crippen molar-refractivity contribution in [1.82, 2.24) is 29.9 Å². The van der Waals surface area contributed by atoms with Crippen LogP contribution >= 0.6 is 0 Å². The summed E-state index contributed by atoms with van der Waals surface area (Å²) in [6.45, 7) is 0.258. The largest absolute Gasteiger partial charge is 0.366 e. The second-order valence-corrected chi connectivity index (χ2v) is 5.17. The number of nitrogens with zero attached hydrogens (tertiary/aromatic N) is 6. The molecule has 24 heavy (non-hydrogen) atoms. The second kappa shape index (κ2) is 5.65. The van der Waals surface area contributed by atoms with Gasteiger partial charge in [0.2, 0.25) is 5.95 Å². The Bertz CT molecular complexity index is 1030. The maximum absolute atomic E-state index is 13.9. The van der Waals surface area contributed by atoms with Crippen molar-refractivity contribution in [1.29, 1.82) is 0 Å².